The van der Waals surface area contributed by atoms with E-state index in [0.717, 1.165) is 29.8 Å². The van der Waals surface area contributed by atoms with Crippen LogP contribution in [0.2, 0.25) is 5.02 Å². The van der Waals surface area contributed by atoms with Crippen molar-refractivity contribution in [1.82, 2.24) is 23.8 Å². The smallest absolute Gasteiger partial charge is 0.333 e. The topological polar surface area (TPSA) is 91.4 Å². The molecule has 9 nitrogen and oxygen atoms in total. The summed E-state index contributed by atoms with van der Waals surface area (Å²) in [5.74, 6) is 0.325. The van der Waals surface area contributed by atoms with E-state index < -0.39 is 0 Å². The fourth-order valence-electron chi connectivity index (χ4n) is 5.75. The van der Waals surface area contributed by atoms with Crippen molar-refractivity contribution >= 4 is 39.2 Å². The predicted octanol–water partition coefficient (Wildman–Crippen LogP) is 6.25. The zero-order chi connectivity index (χ0) is 31.1. The molecule has 228 valence electrons. The first-order valence-electron chi connectivity index (χ1n) is 14.8. The van der Waals surface area contributed by atoms with E-state index in [2.05, 4.69) is 21.0 Å². The summed E-state index contributed by atoms with van der Waals surface area (Å²) in [6, 6.07) is 22.0. The van der Waals surface area contributed by atoms with Gasteiger partial charge in [-0.05, 0) is 95.4 Å². The first kappa shape index (κ1) is 29.3. The fourth-order valence-corrected chi connectivity index (χ4v) is 6.17. The summed E-state index contributed by atoms with van der Waals surface area (Å²) in [7, 11) is 0. The van der Waals surface area contributed by atoms with Crippen LogP contribution < -0.4 is 10.4 Å². The van der Waals surface area contributed by atoms with E-state index in [1.54, 1.807) is 38.5 Å². The number of aryl methyl sites for hydroxylation is 1. The zero-order valence-corrected chi connectivity index (χ0v) is 26.6. The molecular weight excluding hydrogens is 658 g/mol. The Morgan fingerprint density at radius 1 is 1.00 bits per heavy atom. The van der Waals surface area contributed by atoms with Crippen LogP contribution >= 0.6 is 27.5 Å². The summed E-state index contributed by atoms with van der Waals surface area (Å²) in [5, 5.41) is 4.79. The van der Waals surface area contributed by atoms with Crippen LogP contribution in [0.4, 0.5) is 0 Å². The molecule has 0 unspecified atom stereocenters. The molecule has 1 saturated carbocycles. The number of rotatable bonds is 9. The highest BCUT2D eigenvalue weighted by molar-refractivity contribution is 9.10. The number of benzene rings is 3. The Morgan fingerprint density at radius 2 is 1.80 bits per heavy atom. The number of ether oxygens (including phenoxy) is 1. The molecule has 2 aromatic heterocycles. The molecule has 45 heavy (non-hydrogen) atoms. The minimum absolute atomic E-state index is 0.114. The summed E-state index contributed by atoms with van der Waals surface area (Å²) in [6.45, 7) is 0.702. The summed E-state index contributed by atoms with van der Waals surface area (Å²) >= 11 is 9.66. The van der Waals surface area contributed by atoms with Crippen molar-refractivity contribution in [3.05, 3.63) is 128 Å². The Labute approximate surface area is 272 Å². The van der Waals surface area contributed by atoms with Gasteiger partial charge in [0.25, 0.3) is 5.91 Å². The highest BCUT2D eigenvalue weighted by atomic mass is 79.9. The maximum Gasteiger partial charge on any atom is 0.333 e. The third kappa shape index (κ3) is 5.87. The molecule has 0 N–H and O–H groups in total. The first-order chi connectivity index (χ1) is 21.9. The van der Waals surface area contributed by atoms with Gasteiger partial charge in [-0.3, -0.25) is 18.7 Å². The molecule has 0 radical (unpaired) electrons. The molecule has 1 aliphatic carbocycles. The number of imidazole rings is 1. The molecule has 5 aromatic rings. The van der Waals surface area contributed by atoms with E-state index in [4.69, 9.17) is 16.3 Å². The lowest BCUT2D eigenvalue weighted by molar-refractivity contribution is 0.0707. The van der Waals surface area contributed by atoms with Crippen LogP contribution in [0.5, 0.6) is 5.75 Å². The van der Waals surface area contributed by atoms with Crippen molar-refractivity contribution < 1.29 is 14.3 Å². The largest absolute Gasteiger partial charge is 0.490 e. The van der Waals surface area contributed by atoms with Crippen LogP contribution in [-0.4, -0.2) is 48.2 Å². The second-order valence-electron chi connectivity index (χ2n) is 11.2. The van der Waals surface area contributed by atoms with Crippen LogP contribution in [0.25, 0.3) is 11.4 Å². The van der Waals surface area contributed by atoms with E-state index in [0.29, 0.717) is 45.1 Å². The van der Waals surface area contributed by atoms with Crippen LogP contribution in [0.3, 0.4) is 0 Å². The Hall–Kier alpha value is -4.41. The van der Waals surface area contributed by atoms with Crippen molar-refractivity contribution in [2.45, 2.75) is 44.9 Å². The number of fused-ring (bicyclic) bond motifs is 1. The van der Waals surface area contributed by atoms with Gasteiger partial charge in [0.1, 0.15) is 11.4 Å². The number of nitrogens with zero attached hydrogens (tertiary/aromatic N) is 5. The number of halogens is 2. The number of hydrogen-bond acceptors (Lipinski definition) is 5. The van der Waals surface area contributed by atoms with Crippen molar-refractivity contribution in [2.24, 2.45) is 0 Å². The van der Waals surface area contributed by atoms with Crippen LogP contribution in [-0.2, 0) is 19.5 Å². The number of hydrogen-bond donors (Lipinski definition) is 0. The first-order valence-corrected chi connectivity index (χ1v) is 16.0. The molecule has 1 aliphatic heterocycles. The van der Waals surface area contributed by atoms with E-state index in [-0.39, 0.29) is 43.0 Å². The van der Waals surface area contributed by atoms with E-state index in [1.165, 1.54) is 4.57 Å². The third-order valence-electron chi connectivity index (χ3n) is 8.18. The minimum atomic E-state index is -0.306. The molecule has 0 atom stereocenters. The van der Waals surface area contributed by atoms with Gasteiger partial charge in [-0.25, -0.2) is 9.48 Å². The predicted molar refractivity (Wildman–Crippen MR) is 174 cm³/mol. The van der Waals surface area contributed by atoms with Crippen LogP contribution in [0, 0.1) is 0 Å². The molecule has 3 heterocycles. The Bertz CT molecular complexity index is 1960. The average Bonchev–Trinajstić information content (AvgIpc) is 3.60. The molecular formula is C34H29BrClN5O4. The molecule has 3 aromatic carbocycles. The number of carbonyl (C=O) groups excluding carboxylic acids is 2. The molecule has 0 bridgehead atoms. The van der Waals surface area contributed by atoms with E-state index >= 15 is 0 Å². The van der Waals surface area contributed by atoms with Crippen LogP contribution in [0.1, 0.15) is 51.4 Å². The number of aromatic nitrogens is 4. The van der Waals surface area contributed by atoms with Gasteiger partial charge in [-0.15, -0.1) is 0 Å². The van der Waals surface area contributed by atoms with Gasteiger partial charge in [0.15, 0.2) is 5.78 Å². The SMILES string of the molecule is O=C(CCc1ccccc1-n1cccn1)c1c2n(c(=O)n1-c1ccc(OC3CC3)cc1)CCN(C(=O)c1ccc(Br)c(Cl)c1)C2. The summed E-state index contributed by atoms with van der Waals surface area (Å²) in [4.78, 5) is 43.3. The summed E-state index contributed by atoms with van der Waals surface area (Å²) in [6.07, 6.45) is 6.50. The van der Waals surface area contributed by atoms with Gasteiger partial charge >= 0.3 is 5.69 Å². The monoisotopic (exact) mass is 685 g/mol. The van der Waals surface area contributed by atoms with E-state index in [9.17, 15) is 14.4 Å². The van der Waals surface area contributed by atoms with Crippen molar-refractivity contribution in [2.75, 3.05) is 6.54 Å². The van der Waals surface area contributed by atoms with Gasteiger partial charge in [-0.2, -0.15) is 5.10 Å². The van der Waals surface area contributed by atoms with Gasteiger partial charge in [0.05, 0.1) is 34.7 Å². The number of Topliss-reactive ketones (excluding diaryl/α,β-unsaturated/α-hetero) is 1. The number of ketones is 1. The van der Waals surface area contributed by atoms with Crippen molar-refractivity contribution in [3.8, 4) is 17.1 Å². The van der Waals surface area contributed by atoms with Gasteiger partial charge in [0.2, 0.25) is 0 Å². The normalized spacial score (nSPS) is 14.3. The lowest BCUT2D eigenvalue weighted by Gasteiger charge is -2.28. The lowest BCUT2D eigenvalue weighted by Crippen LogP contribution is -2.41. The highest BCUT2D eigenvalue weighted by Crippen LogP contribution is 2.29. The molecule has 1 amide bonds. The second-order valence-corrected chi connectivity index (χ2v) is 12.5. The molecule has 2 aliphatic rings. The quantitative estimate of drug-likeness (QED) is 0.171. The maximum atomic E-state index is 14.2. The molecule has 11 heteroatoms. The average molecular weight is 687 g/mol. The zero-order valence-electron chi connectivity index (χ0n) is 24.2. The Balaban J connectivity index is 1.24. The van der Waals surface area contributed by atoms with Crippen molar-refractivity contribution in [3.63, 3.8) is 0 Å². The number of amides is 1. The standard InChI is InChI=1S/C34H29BrClN5O4/c35-27-14-6-23(20-28(27)36)33(43)38-18-19-39-30(21-38)32(41(34(39)44)24-8-10-25(11-9-24)45-26-12-13-26)31(42)15-7-22-4-1-2-5-29(22)40-17-3-16-37-40/h1-6,8-11,14,16-17,20,26H,7,12-13,15,18-19,21H2. The molecule has 0 spiro atoms. The second kappa shape index (κ2) is 12.2. The van der Waals surface area contributed by atoms with Gasteiger partial charge in [-0.1, -0.05) is 29.8 Å². The molecule has 0 saturated heterocycles. The maximum absolute atomic E-state index is 14.2. The van der Waals surface area contributed by atoms with E-state index in [1.807, 2.05) is 60.8 Å². The number of para-hydroxylation sites is 1. The van der Waals surface area contributed by atoms with Crippen LogP contribution in [0.15, 0.2) is 94.5 Å². The fraction of sp³-hybridized carbons (Fsp3) is 0.235. The van der Waals surface area contributed by atoms with Crippen molar-refractivity contribution in [1.29, 1.82) is 0 Å². The minimum Gasteiger partial charge on any atom is -0.490 e. The van der Waals surface area contributed by atoms with Gasteiger partial charge in [0, 0.05) is 41.9 Å². The number of carbonyl (C=O) groups is 2. The highest BCUT2D eigenvalue weighted by Gasteiger charge is 2.32. The Morgan fingerprint density at radius 3 is 2.53 bits per heavy atom. The Kier molecular flexibility index (Phi) is 7.93. The summed E-state index contributed by atoms with van der Waals surface area (Å²) < 4.78 is 11.5. The lowest BCUT2D eigenvalue weighted by atomic mass is 10.0. The van der Waals surface area contributed by atoms with Gasteiger partial charge < -0.3 is 9.64 Å². The third-order valence-corrected chi connectivity index (χ3v) is 9.42. The molecule has 7 rings (SSSR count). The molecule has 1 fully saturated rings. The summed E-state index contributed by atoms with van der Waals surface area (Å²) in [5.41, 5.74) is 3.37.